The number of aromatic nitrogens is 2. The fraction of sp³-hybridized carbons (Fsp3) is 0.261. The van der Waals surface area contributed by atoms with Crippen molar-refractivity contribution in [3.8, 4) is 0 Å². The average Bonchev–Trinajstić information content (AvgIpc) is 3.11. The number of hydrogen-bond donors (Lipinski definition) is 3. The van der Waals surface area contributed by atoms with Gasteiger partial charge < -0.3 is 16.4 Å². The molecule has 0 aliphatic heterocycles. The lowest BCUT2D eigenvalue weighted by atomic mass is 10.1. The number of rotatable bonds is 8. The van der Waals surface area contributed by atoms with Crippen LogP contribution in [0.1, 0.15) is 27.3 Å². The molecule has 0 bridgehead atoms. The number of nitrogens with two attached hydrogens (primary N) is 1. The topological polar surface area (TPSA) is 101 Å². The summed E-state index contributed by atoms with van der Waals surface area (Å²) in [5, 5.41) is 16.7. The van der Waals surface area contributed by atoms with E-state index in [9.17, 15) is 4.79 Å². The van der Waals surface area contributed by atoms with Crippen LogP contribution in [0.15, 0.2) is 65.8 Å². The summed E-state index contributed by atoms with van der Waals surface area (Å²) < 4.78 is 1.86. The van der Waals surface area contributed by atoms with Crippen LogP contribution in [-0.2, 0) is 20.1 Å². The Balaban J connectivity index is 1.54. The third-order valence-corrected chi connectivity index (χ3v) is 4.87. The Morgan fingerprint density at radius 3 is 2.45 bits per heavy atom. The van der Waals surface area contributed by atoms with E-state index in [2.05, 4.69) is 26.9 Å². The molecule has 0 saturated heterocycles. The minimum Gasteiger partial charge on any atom is -0.324 e. The van der Waals surface area contributed by atoms with Crippen LogP contribution in [0.3, 0.4) is 0 Å². The zero-order valence-electron chi connectivity index (χ0n) is 18.2. The maximum absolute atomic E-state index is 12.6. The summed E-state index contributed by atoms with van der Waals surface area (Å²) in [6.07, 6.45) is 0. The fourth-order valence-electron chi connectivity index (χ4n) is 3.03. The maximum Gasteiger partial charge on any atom is 0.256 e. The molecule has 0 radical (unpaired) electrons. The van der Waals surface area contributed by atoms with Crippen LogP contribution in [0.25, 0.3) is 0 Å². The number of aryl methyl sites for hydroxylation is 2. The molecule has 8 heteroatoms. The number of para-hydroxylation sites is 1. The Kier molecular flexibility index (Phi) is 7.53. The van der Waals surface area contributed by atoms with Gasteiger partial charge >= 0.3 is 0 Å². The fourth-order valence-corrected chi connectivity index (χ4v) is 3.03. The first-order chi connectivity index (χ1) is 15.0. The van der Waals surface area contributed by atoms with Crippen LogP contribution < -0.4 is 21.4 Å². The second kappa shape index (κ2) is 10.5. The zero-order chi connectivity index (χ0) is 22.2. The molecule has 0 unspecified atom stereocenters. The number of carbonyl (C=O) groups is 1. The number of amides is 1. The molecule has 0 aliphatic rings. The van der Waals surface area contributed by atoms with Gasteiger partial charge in [-0.25, -0.2) is 0 Å². The second-order valence-electron chi connectivity index (χ2n) is 7.27. The summed E-state index contributed by atoms with van der Waals surface area (Å²) in [7, 11) is 3.74. The van der Waals surface area contributed by atoms with E-state index >= 15 is 0 Å². The van der Waals surface area contributed by atoms with Crippen molar-refractivity contribution in [2.75, 3.05) is 18.6 Å². The first kappa shape index (κ1) is 22.2. The number of nitrogens with one attached hydrogen (secondary N) is 2. The Morgan fingerprint density at radius 1 is 1.13 bits per heavy atom. The lowest BCUT2D eigenvalue weighted by Gasteiger charge is -2.15. The van der Waals surface area contributed by atoms with Crippen LogP contribution in [0.5, 0.6) is 0 Å². The van der Waals surface area contributed by atoms with Crippen molar-refractivity contribution >= 4 is 17.4 Å². The van der Waals surface area contributed by atoms with Crippen molar-refractivity contribution in [3.05, 3.63) is 83.2 Å². The van der Waals surface area contributed by atoms with Gasteiger partial charge in [0.2, 0.25) is 0 Å². The Morgan fingerprint density at radius 2 is 1.84 bits per heavy atom. The van der Waals surface area contributed by atoms with Gasteiger partial charge in [0.05, 0.1) is 17.9 Å². The van der Waals surface area contributed by atoms with E-state index in [1.54, 1.807) is 17.1 Å². The monoisotopic (exact) mass is 419 g/mol. The number of nitrogens with zero attached hydrogens (tertiary/aromatic N) is 4. The molecule has 0 atom stereocenters. The number of anilines is 1. The van der Waals surface area contributed by atoms with Crippen molar-refractivity contribution in [3.63, 3.8) is 0 Å². The summed E-state index contributed by atoms with van der Waals surface area (Å²) >= 11 is 0. The molecule has 31 heavy (non-hydrogen) atoms. The van der Waals surface area contributed by atoms with Gasteiger partial charge in [0.15, 0.2) is 0 Å². The SMILES string of the molecule is Cc1cc(CNCc2ccc(C(=O)N/C(CN)=N/N(C)c3ccccc3)cc2)nn1C. The minimum atomic E-state index is -0.242. The van der Waals surface area contributed by atoms with Crippen molar-refractivity contribution in [2.24, 2.45) is 17.9 Å². The van der Waals surface area contributed by atoms with Gasteiger partial charge in [-0.1, -0.05) is 30.3 Å². The van der Waals surface area contributed by atoms with Crippen molar-refractivity contribution in [2.45, 2.75) is 20.0 Å². The molecular weight excluding hydrogens is 390 g/mol. The quantitative estimate of drug-likeness (QED) is 0.295. The van der Waals surface area contributed by atoms with Crippen molar-refractivity contribution in [1.29, 1.82) is 0 Å². The highest BCUT2D eigenvalue weighted by Gasteiger charge is 2.10. The van der Waals surface area contributed by atoms with Crippen molar-refractivity contribution < 1.29 is 4.79 Å². The molecule has 1 aromatic heterocycles. The van der Waals surface area contributed by atoms with Gasteiger partial charge in [-0.15, -0.1) is 0 Å². The molecule has 2 aromatic carbocycles. The van der Waals surface area contributed by atoms with Crippen LogP contribution in [0.4, 0.5) is 5.69 Å². The highest BCUT2D eigenvalue weighted by atomic mass is 16.1. The molecule has 4 N–H and O–H groups in total. The summed E-state index contributed by atoms with van der Waals surface area (Å²) in [6, 6.07) is 19.2. The predicted octanol–water partition coefficient (Wildman–Crippen LogP) is 2.16. The van der Waals surface area contributed by atoms with E-state index in [-0.39, 0.29) is 12.5 Å². The zero-order valence-corrected chi connectivity index (χ0v) is 18.2. The largest absolute Gasteiger partial charge is 0.324 e. The lowest BCUT2D eigenvalue weighted by molar-refractivity contribution is 0.0976. The second-order valence-corrected chi connectivity index (χ2v) is 7.27. The molecule has 3 rings (SSSR count). The Labute approximate surface area is 182 Å². The Hall–Kier alpha value is -3.49. The summed E-state index contributed by atoms with van der Waals surface area (Å²) in [5.41, 5.74) is 10.4. The smallest absolute Gasteiger partial charge is 0.256 e. The molecule has 0 fully saturated rings. The van der Waals surface area contributed by atoms with Crippen LogP contribution >= 0.6 is 0 Å². The van der Waals surface area contributed by atoms with Gasteiger partial charge in [-0.05, 0) is 42.8 Å². The van der Waals surface area contributed by atoms with E-state index in [0.717, 1.165) is 22.6 Å². The molecule has 1 heterocycles. The van der Waals surface area contributed by atoms with Gasteiger partial charge in [-0.3, -0.25) is 14.5 Å². The van der Waals surface area contributed by atoms with Crippen LogP contribution in [0, 0.1) is 6.92 Å². The van der Waals surface area contributed by atoms with Crippen molar-refractivity contribution in [1.82, 2.24) is 20.4 Å². The number of carbonyl (C=O) groups excluding carboxylic acids is 1. The number of benzene rings is 2. The van der Waals surface area contributed by atoms with Gasteiger partial charge in [-0.2, -0.15) is 10.2 Å². The summed E-state index contributed by atoms with van der Waals surface area (Å²) in [4.78, 5) is 12.6. The number of amidine groups is 1. The first-order valence-corrected chi connectivity index (χ1v) is 10.1. The van der Waals surface area contributed by atoms with E-state index in [4.69, 9.17) is 5.73 Å². The van der Waals surface area contributed by atoms with Gasteiger partial charge in [0, 0.05) is 38.4 Å². The molecule has 3 aromatic rings. The molecule has 0 spiro atoms. The highest BCUT2D eigenvalue weighted by Crippen LogP contribution is 2.11. The number of hydrogen-bond acceptors (Lipinski definition) is 6. The molecule has 162 valence electrons. The molecule has 0 aliphatic carbocycles. The van der Waals surface area contributed by atoms with Crippen LogP contribution in [-0.4, -0.2) is 35.1 Å². The van der Waals surface area contributed by atoms with Crippen LogP contribution in [0.2, 0.25) is 0 Å². The van der Waals surface area contributed by atoms with E-state index in [1.807, 2.05) is 68.2 Å². The molecule has 1 amide bonds. The standard InChI is InChI=1S/C23H29N7O/c1-17-13-20(27-29(17)2)16-25-15-18-9-11-19(12-10-18)23(31)26-22(14-24)28-30(3)21-7-5-4-6-8-21/h4-13,25H,14-16,24H2,1-3H3,(H,26,28,31). The average molecular weight is 420 g/mol. The summed E-state index contributed by atoms with van der Waals surface area (Å²) in [5.74, 6) is 0.155. The normalized spacial score (nSPS) is 11.4. The lowest BCUT2D eigenvalue weighted by Crippen LogP contribution is -2.37. The first-order valence-electron chi connectivity index (χ1n) is 10.1. The molecular formula is C23H29N7O. The third-order valence-electron chi connectivity index (χ3n) is 4.87. The van der Waals surface area contributed by atoms with E-state index in [0.29, 0.717) is 24.5 Å². The number of hydrazone groups is 1. The predicted molar refractivity (Wildman–Crippen MR) is 124 cm³/mol. The van der Waals surface area contributed by atoms with E-state index in [1.165, 1.54) is 0 Å². The minimum absolute atomic E-state index is 0.123. The maximum atomic E-state index is 12.6. The molecule has 0 saturated carbocycles. The van der Waals surface area contributed by atoms with E-state index < -0.39 is 0 Å². The highest BCUT2D eigenvalue weighted by molar-refractivity contribution is 6.07. The summed E-state index contributed by atoms with van der Waals surface area (Å²) in [6.45, 7) is 3.53. The Bertz CT molecular complexity index is 1010. The molecule has 8 nitrogen and oxygen atoms in total. The third kappa shape index (κ3) is 6.24. The van der Waals surface area contributed by atoms with Gasteiger partial charge in [0.1, 0.15) is 5.84 Å². The van der Waals surface area contributed by atoms with Gasteiger partial charge in [0.25, 0.3) is 5.91 Å².